The average molecular weight is 336 g/mol. The highest BCUT2D eigenvalue weighted by atomic mass is 16.6. The molecule has 6 heteroatoms. The van der Waals surface area contributed by atoms with Gasteiger partial charge in [-0.3, -0.25) is 4.79 Å². The monoisotopic (exact) mass is 336 g/mol. The normalized spacial score (nSPS) is 12.5. The van der Waals surface area contributed by atoms with Gasteiger partial charge < -0.3 is 19.5 Å². The Morgan fingerprint density at radius 3 is 2.72 bits per heavy atom. The van der Waals surface area contributed by atoms with E-state index in [4.69, 9.17) is 19.5 Å². The molecule has 0 atom stereocenters. The minimum absolute atomic E-state index is 0.279. The lowest BCUT2D eigenvalue weighted by Crippen LogP contribution is -2.16. The van der Waals surface area contributed by atoms with Crippen molar-refractivity contribution in [2.24, 2.45) is 0 Å². The van der Waals surface area contributed by atoms with Crippen molar-refractivity contribution in [1.29, 1.82) is 5.26 Å². The molecule has 0 aliphatic carbocycles. The predicted octanol–water partition coefficient (Wildman–Crippen LogP) is 2.99. The third-order valence-electron chi connectivity index (χ3n) is 3.56. The summed E-state index contributed by atoms with van der Waals surface area (Å²) in [4.78, 5) is 12.0. The van der Waals surface area contributed by atoms with Crippen molar-refractivity contribution in [3.8, 4) is 23.3 Å². The Hall–Kier alpha value is -3.46. The summed E-state index contributed by atoms with van der Waals surface area (Å²) in [6, 6.07) is 12.2. The standard InChI is InChI=1S/C19H16N2O4/c1-23-16-10-14(11-17-19(16)25-9-8-24-17)4-7-18(22)21-15-5-2-13(12-20)3-6-15/h2-7,10-11H,8-9H2,1H3,(H,21,22)/b7-4+. The molecule has 1 aliphatic heterocycles. The number of hydrogen-bond acceptors (Lipinski definition) is 5. The molecule has 126 valence electrons. The van der Waals surface area contributed by atoms with E-state index in [1.807, 2.05) is 6.07 Å². The first-order chi connectivity index (χ1) is 12.2. The van der Waals surface area contributed by atoms with Crippen LogP contribution in [0.2, 0.25) is 0 Å². The highest BCUT2D eigenvalue weighted by molar-refractivity contribution is 6.02. The van der Waals surface area contributed by atoms with Crippen LogP contribution >= 0.6 is 0 Å². The molecule has 2 aromatic carbocycles. The van der Waals surface area contributed by atoms with Crippen molar-refractivity contribution in [1.82, 2.24) is 0 Å². The molecule has 1 heterocycles. The van der Waals surface area contributed by atoms with Gasteiger partial charge in [-0.05, 0) is 48.0 Å². The molecule has 0 bridgehead atoms. The van der Waals surface area contributed by atoms with E-state index < -0.39 is 0 Å². The van der Waals surface area contributed by atoms with Gasteiger partial charge in [0.05, 0.1) is 18.7 Å². The van der Waals surface area contributed by atoms with Crippen LogP contribution in [0.25, 0.3) is 6.08 Å². The van der Waals surface area contributed by atoms with E-state index in [2.05, 4.69) is 5.32 Å². The van der Waals surface area contributed by atoms with Crippen molar-refractivity contribution in [3.05, 3.63) is 53.6 Å². The first-order valence-corrected chi connectivity index (χ1v) is 7.66. The van der Waals surface area contributed by atoms with Crippen LogP contribution < -0.4 is 19.5 Å². The van der Waals surface area contributed by atoms with Gasteiger partial charge in [-0.1, -0.05) is 0 Å². The van der Waals surface area contributed by atoms with Crippen LogP contribution in [0.1, 0.15) is 11.1 Å². The molecule has 1 amide bonds. The Morgan fingerprint density at radius 1 is 1.24 bits per heavy atom. The Labute approximate surface area is 145 Å². The van der Waals surface area contributed by atoms with Gasteiger partial charge >= 0.3 is 0 Å². The van der Waals surface area contributed by atoms with E-state index in [0.717, 1.165) is 5.56 Å². The first-order valence-electron chi connectivity index (χ1n) is 7.66. The SMILES string of the molecule is COc1cc(/C=C/C(=O)Nc2ccc(C#N)cc2)cc2c1OCCO2. The van der Waals surface area contributed by atoms with Gasteiger partial charge in [0.1, 0.15) is 13.2 Å². The minimum Gasteiger partial charge on any atom is -0.493 e. The average Bonchev–Trinajstić information content (AvgIpc) is 2.66. The van der Waals surface area contributed by atoms with E-state index in [1.54, 1.807) is 49.6 Å². The summed E-state index contributed by atoms with van der Waals surface area (Å²) in [6.45, 7) is 0.952. The lowest BCUT2D eigenvalue weighted by atomic mass is 10.1. The van der Waals surface area contributed by atoms with E-state index in [0.29, 0.717) is 41.7 Å². The zero-order valence-electron chi connectivity index (χ0n) is 13.6. The molecule has 1 aliphatic rings. The molecule has 0 saturated carbocycles. The molecule has 3 rings (SSSR count). The third kappa shape index (κ3) is 3.90. The molecule has 0 spiro atoms. The number of nitrogens with zero attached hydrogens (tertiary/aromatic N) is 1. The molecule has 1 N–H and O–H groups in total. The number of ether oxygens (including phenoxy) is 3. The summed E-state index contributed by atoms with van der Waals surface area (Å²) in [5, 5.41) is 11.5. The van der Waals surface area contributed by atoms with Crippen LogP contribution in [0.3, 0.4) is 0 Å². The minimum atomic E-state index is -0.279. The maximum Gasteiger partial charge on any atom is 0.248 e. The van der Waals surface area contributed by atoms with E-state index in [1.165, 1.54) is 6.08 Å². The lowest BCUT2D eigenvalue weighted by Gasteiger charge is -2.20. The van der Waals surface area contributed by atoms with Crippen LogP contribution in [-0.2, 0) is 4.79 Å². The van der Waals surface area contributed by atoms with Crippen molar-refractivity contribution < 1.29 is 19.0 Å². The highest BCUT2D eigenvalue weighted by Gasteiger charge is 2.17. The number of benzene rings is 2. The number of carbonyl (C=O) groups is 1. The van der Waals surface area contributed by atoms with E-state index in [-0.39, 0.29) is 5.91 Å². The Morgan fingerprint density at radius 2 is 2.00 bits per heavy atom. The highest BCUT2D eigenvalue weighted by Crippen LogP contribution is 2.40. The van der Waals surface area contributed by atoms with Crippen molar-refractivity contribution in [2.45, 2.75) is 0 Å². The lowest BCUT2D eigenvalue weighted by molar-refractivity contribution is -0.111. The summed E-state index contributed by atoms with van der Waals surface area (Å²) in [5.41, 5.74) is 1.92. The topological polar surface area (TPSA) is 80.6 Å². The van der Waals surface area contributed by atoms with Crippen LogP contribution in [-0.4, -0.2) is 26.2 Å². The Bertz CT molecular complexity index is 834. The van der Waals surface area contributed by atoms with Crippen molar-refractivity contribution in [2.75, 3.05) is 25.6 Å². The fourth-order valence-electron chi connectivity index (χ4n) is 2.37. The van der Waals surface area contributed by atoms with Gasteiger partial charge in [0.2, 0.25) is 11.7 Å². The fraction of sp³-hybridized carbons (Fsp3) is 0.158. The molecule has 0 radical (unpaired) electrons. The zero-order valence-corrected chi connectivity index (χ0v) is 13.6. The van der Waals surface area contributed by atoms with Gasteiger partial charge in [-0.25, -0.2) is 0 Å². The molecule has 6 nitrogen and oxygen atoms in total. The van der Waals surface area contributed by atoms with E-state index >= 15 is 0 Å². The molecular weight excluding hydrogens is 320 g/mol. The second-order valence-electron chi connectivity index (χ2n) is 5.26. The molecule has 0 unspecified atom stereocenters. The van der Waals surface area contributed by atoms with Gasteiger partial charge in [-0.15, -0.1) is 0 Å². The zero-order chi connectivity index (χ0) is 17.6. The maximum atomic E-state index is 12.0. The van der Waals surface area contributed by atoms with Crippen LogP contribution in [0.5, 0.6) is 17.2 Å². The molecule has 25 heavy (non-hydrogen) atoms. The number of fused-ring (bicyclic) bond motifs is 1. The second-order valence-corrected chi connectivity index (χ2v) is 5.26. The summed E-state index contributed by atoms with van der Waals surface area (Å²) in [6.07, 6.45) is 3.09. The number of methoxy groups -OCH3 is 1. The number of hydrogen-bond donors (Lipinski definition) is 1. The van der Waals surface area contributed by atoms with Crippen LogP contribution in [0, 0.1) is 11.3 Å². The van der Waals surface area contributed by atoms with Crippen LogP contribution in [0.4, 0.5) is 5.69 Å². The summed E-state index contributed by atoms with van der Waals surface area (Å²) in [7, 11) is 1.55. The number of nitriles is 1. The van der Waals surface area contributed by atoms with Crippen LogP contribution in [0.15, 0.2) is 42.5 Å². The largest absolute Gasteiger partial charge is 0.493 e. The first kappa shape index (κ1) is 16.4. The second kappa shape index (κ2) is 7.41. The predicted molar refractivity (Wildman–Crippen MR) is 92.8 cm³/mol. The smallest absolute Gasteiger partial charge is 0.248 e. The van der Waals surface area contributed by atoms with E-state index in [9.17, 15) is 4.79 Å². The summed E-state index contributed by atoms with van der Waals surface area (Å²) in [5.74, 6) is 1.45. The number of nitrogens with one attached hydrogen (secondary N) is 1. The number of carbonyl (C=O) groups excluding carboxylic acids is 1. The fourth-order valence-corrected chi connectivity index (χ4v) is 2.37. The molecule has 0 saturated heterocycles. The molecular formula is C19H16N2O4. The Balaban J connectivity index is 1.72. The number of amides is 1. The number of rotatable bonds is 4. The maximum absolute atomic E-state index is 12.0. The van der Waals surface area contributed by atoms with Gasteiger partial charge in [0.25, 0.3) is 0 Å². The summed E-state index contributed by atoms with van der Waals surface area (Å²) >= 11 is 0. The van der Waals surface area contributed by atoms with Gasteiger partial charge in [-0.2, -0.15) is 5.26 Å². The molecule has 0 fully saturated rings. The molecule has 0 aromatic heterocycles. The summed E-state index contributed by atoms with van der Waals surface area (Å²) < 4.78 is 16.4. The Kier molecular flexibility index (Phi) is 4.86. The van der Waals surface area contributed by atoms with Gasteiger partial charge in [0, 0.05) is 11.8 Å². The third-order valence-corrected chi connectivity index (χ3v) is 3.56. The molecule has 2 aromatic rings. The number of anilines is 1. The van der Waals surface area contributed by atoms with Crippen molar-refractivity contribution >= 4 is 17.7 Å². The van der Waals surface area contributed by atoms with Gasteiger partial charge in [0.15, 0.2) is 11.5 Å². The quantitative estimate of drug-likeness (QED) is 0.868. The van der Waals surface area contributed by atoms with Crippen molar-refractivity contribution in [3.63, 3.8) is 0 Å².